The summed E-state index contributed by atoms with van der Waals surface area (Å²) in [4.78, 5) is 4.60. The zero-order valence-electron chi connectivity index (χ0n) is 14.2. The van der Waals surface area contributed by atoms with Gasteiger partial charge in [-0.15, -0.1) is 24.0 Å². The first kappa shape index (κ1) is 19.9. The van der Waals surface area contributed by atoms with E-state index in [1.807, 2.05) is 18.2 Å². The second-order valence-electron chi connectivity index (χ2n) is 5.78. The standard InChI is InChI=1S/C17H27N3O2.HI/c1-4-18-17(19-9-8-13(2)3)20-14-6-7-15-16(12-14)22-11-5-10-21-15;/h6-7,12-13H,4-5,8-11H2,1-3H3,(H2,18,19,20);1H. The lowest BCUT2D eigenvalue weighted by Crippen LogP contribution is -2.30. The average molecular weight is 433 g/mol. The van der Waals surface area contributed by atoms with E-state index in [4.69, 9.17) is 9.47 Å². The summed E-state index contributed by atoms with van der Waals surface area (Å²) in [5, 5.41) is 6.59. The molecule has 0 aromatic heterocycles. The maximum Gasteiger partial charge on any atom is 0.195 e. The molecule has 2 N–H and O–H groups in total. The Morgan fingerprint density at radius 2 is 1.96 bits per heavy atom. The Balaban J connectivity index is 0.00000264. The average Bonchev–Trinajstić information content (AvgIpc) is 2.72. The number of rotatable bonds is 5. The molecule has 1 aromatic rings. The molecule has 0 unspecified atom stereocenters. The molecular weight excluding hydrogens is 405 g/mol. The molecule has 0 bridgehead atoms. The zero-order chi connectivity index (χ0) is 15.8. The molecule has 0 fully saturated rings. The second-order valence-corrected chi connectivity index (χ2v) is 5.78. The van der Waals surface area contributed by atoms with Gasteiger partial charge in [0.05, 0.1) is 13.2 Å². The van der Waals surface area contributed by atoms with Gasteiger partial charge in [-0.25, -0.2) is 0 Å². The number of nitrogens with one attached hydrogen (secondary N) is 2. The van der Waals surface area contributed by atoms with Crippen molar-refractivity contribution >= 4 is 35.6 Å². The molecule has 0 radical (unpaired) electrons. The highest BCUT2D eigenvalue weighted by Crippen LogP contribution is 2.32. The lowest BCUT2D eigenvalue weighted by atomic mass is 10.1. The van der Waals surface area contributed by atoms with Crippen molar-refractivity contribution in [2.45, 2.75) is 33.6 Å². The predicted octanol–water partition coefficient (Wildman–Crippen LogP) is 3.89. The van der Waals surface area contributed by atoms with Crippen LogP contribution in [-0.4, -0.2) is 32.3 Å². The minimum absolute atomic E-state index is 0. The minimum Gasteiger partial charge on any atom is -0.490 e. The summed E-state index contributed by atoms with van der Waals surface area (Å²) >= 11 is 0. The molecule has 0 saturated heterocycles. The Bertz CT molecular complexity index is 507. The van der Waals surface area contributed by atoms with Crippen molar-refractivity contribution in [3.8, 4) is 11.5 Å². The van der Waals surface area contributed by atoms with Gasteiger partial charge in [-0.1, -0.05) is 13.8 Å². The van der Waals surface area contributed by atoms with Gasteiger partial charge in [-0.05, 0) is 31.4 Å². The monoisotopic (exact) mass is 433 g/mol. The molecule has 130 valence electrons. The van der Waals surface area contributed by atoms with Crippen LogP contribution in [0, 0.1) is 5.92 Å². The Morgan fingerprint density at radius 1 is 1.22 bits per heavy atom. The highest BCUT2D eigenvalue weighted by molar-refractivity contribution is 14.0. The molecule has 0 aliphatic carbocycles. The second kappa shape index (κ2) is 10.6. The molecule has 6 heteroatoms. The maximum absolute atomic E-state index is 5.72. The Morgan fingerprint density at radius 3 is 2.65 bits per heavy atom. The van der Waals surface area contributed by atoms with Crippen LogP contribution in [0.5, 0.6) is 11.5 Å². The third-order valence-corrected chi connectivity index (χ3v) is 3.33. The van der Waals surface area contributed by atoms with E-state index in [1.54, 1.807) is 0 Å². The summed E-state index contributed by atoms with van der Waals surface area (Å²) in [5.74, 6) is 3.06. The van der Waals surface area contributed by atoms with E-state index < -0.39 is 0 Å². The third-order valence-electron chi connectivity index (χ3n) is 3.33. The molecule has 1 aliphatic heterocycles. The summed E-state index contributed by atoms with van der Waals surface area (Å²) in [5.41, 5.74) is 0.952. The number of guanidine groups is 1. The van der Waals surface area contributed by atoms with Crippen LogP contribution in [0.4, 0.5) is 5.69 Å². The first-order valence-electron chi connectivity index (χ1n) is 8.14. The molecule has 1 aromatic carbocycles. The molecule has 2 rings (SSSR count). The normalized spacial score (nSPS) is 14.0. The zero-order valence-corrected chi connectivity index (χ0v) is 16.6. The molecule has 1 heterocycles. The molecule has 0 spiro atoms. The van der Waals surface area contributed by atoms with Crippen LogP contribution >= 0.6 is 24.0 Å². The maximum atomic E-state index is 5.72. The fourth-order valence-electron chi connectivity index (χ4n) is 2.12. The summed E-state index contributed by atoms with van der Waals surface area (Å²) in [6.07, 6.45) is 1.99. The lowest BCUT2D eigenvalue weighted by molar-refractivity contribution is 0.297. The van der Waals surface area contributed by atoms with Gasteiger partial charge >= 0.3 is 0 Å². The van der Waals surface area contributed by atoms with Crippen LogP contribution in [0.2, 0.25) is 0 Å². The van der Waals surface area contributed by atoms with Crippen molar-refractivity contribution in [3.05, 3.63) is 18.2 Å². The molecule has 23 heavy (non-hydrogen) atoms. The van der Waals surface area contributed by atoms with Crippen LogP contribution in [0.25, 0.3) is 0 Å². The van der Waals surface area contributed by atoms with E-state index in [0.29, 0.717) is 19.1 Å². The SMILES string of the molecule is CCNC(=NCCC(C)C)Nc1ccc2c(c1)OCCCO2.I. The van der Waals surface area contributed by atoms with E-state index >= 15 is 0 Å². The highest BCUT2D eigenvalue weighted by Gasteiger charge is 2.11. The van der Waals surface area contributed by atoms with Gasteiger partial charge in [0.15, 0.2) is 17.5 Å². The summed E-state index contributed by atoms with van der Waals surface area (Å²) in [6, 6.07) is 5.90. The van der Waals surface area contributed by atoms with Crippen LogP contribution in [0.15, 0.2) is 23.2 Å². The molecule has 0 atom stereocenters. The van der Waals surface area contributed by atoms with Crippen LogP contribution in [0.3, 0.4) is 0 Å². The number of hydrogen-bond acceptors (Lipinski definition) is 3. The molecular formula is C17H28IN3O2. The van der Waals surface area contributed by atoms with E-state index in [2.05, 4.69) is 36.4 Å². The van der Waals surface area contributed by atoms with Gasteiger partial charge in [-0.3, -0.25) is 4.99 Å². The largest absolute Gasteiger partial charge is 0.490 e. The van der Waals surface area contributed by atoms with E-state index in [9.17, 15) is 0 Å². The molecule has 0 saturated carbocycles. The van der Waals surface area contributed by atoms with Crippen molar-refractivity contribution in [2.24, 2.45) is 10.9 Å². The first-order chi connectivity index (χ1) is 10.7. The van der Waals surface area contributed by atoms with Crippen molar-refractivity contribution in [1.29, 1.82) is 0 Å². The minimum atomic E-state index is 0. The van der Waals surface area contributed by atoms with Crippen molar-refractivity contribution in [3.63, 3.8) is 0 Å². The van der Waals surface area contributed by atoms with Gasteiger partial charge in [0.2, 0.25) is 0 Å². The number of ether oxygens (including phenoxy) is 2. The molecule has 0 amide bonds. The van der Waals surface area contributed by atoms with E-state index in [-0.39, 0.29) is 24.0 Å². The van der Waals surface area contributed by atoms with E-state index in [1.165, 1.54) is 0 Å². The van der Waals surface area contributed by atoms with E-state index in [0.717, 1.165) is 49.1 Å². The van der Waals surface area contributed by atoms with Crippen LogP contribution in [0.1, 0.15) is 33.6 Å². The lowest BCUT2D eigenvalue weighted by Gasteiger charge is -2.14. The van der Waals surface area contributed by atoms with Crippen molar-refractivity contribution in [1.82, 2.24) is 5.32 Å². The van der Waals surface area contributed by atoms with Crippen LogP contribution in [-0.2, 0) is 0 Å². The number of aliphatic imine (C=N–C) groups is 1. The van der Waals surface area contributed by atoms with Gasteiger partial charge in [0.1, 0.15) is 0 Å². The summed E-state index contributed by atoms with van der Waals surface area (Å²) < 4.78 is 11.4. The Hall–Kier alpha value is -1.18. The van der Waals surface area contributed by atoms with Gasteiger partial charge in [-0.2, -0.15) is 0 Å². The van der Waals surface area contributed by atoms with Crippen LogP contribution < -0.4 is 20.1 Å². The number of halogens is 1. The summed E-state index contributed by atoms with van der Waals surface area (Å²) in [7, 11) is 0. The number of fused-ring (bicyclic) bond motifs is 1. The number of benzene rings is 1. The number of nitrogens with zero attached hydrogens (tertiary/aromatic N) is 1. The van der Waals surface area contributed by atoms with Crippen molar-refractivity contribution < 1.29 is 9.47 Å². The highest BCUT2D eigenvalue weighted by atomic mass is 127. The van der Waals surface area contributed by atoms with Crippen molar-refractivity contribution in [2.75, 3.05) is 31.6 Å². The topological polar surface area (TPSA) is 54.9 Å². The number of hydrogen-bond donors (Lipinski definition) is 2. The quantitative estimate of drug-likeness (QED) is 0.421. The fraction of sp³-hybridized carbons (Fsp3) is 0.588. The van der Waals surface area contributed by atoms with Gasteiger partial charge in [0, 0.05) is 31.3 Å². The Kier molecular flexibility index (Phi) is 9.13. The predicted molar refractivity (Wildman–Crippen MR) is 107 cm³/mol. The summed E-state index contributed by atoms with van der Waals surface area (Å²) in [6.45, 7) is 9.53. The Labute approximate surface area is 156 Å². The molecule has 1 aliphatic rings. The smallest absolute Gasteiger partial charge is 0.195 e. The van der Waals surface area contributed by atoms with Gasteiger partial charge < -0.3 is 20.1 Å². The fourth-order valence-corrected chi connectivity index (χ4v) is 2.12. The molecule has 5 nitrogen and oxygen atoms in total. The number of anilines is 1. The first-order valence-corrected chi connectivity index (χ1v) is 8.14. The van der Waals surface area contributed by atoms with Gasteiger partial charge in [0.25, 0.3) is 0 Å². The third kappa shape index (κ3) is 6.85.